The Kier molecular flexibility index (Phi) is 4.39. The molecule has 2 aliphatic rings. The zero-order chi connectivity index (χ0) is 23.8. The first-order valence-electron chi connectivity index (χ1n) is 9.75. The van der Waals surface area contributed by atoms with Crippen LogP contribution in [0.5, 0.6) is 0 Å². The first-order chi connectivity index (χ1) is 15.5. The Hall–Kier alpha value is -3.77. The van der Waals surface area contributed by atoms with Crippen molar-refractivity contribution in [1.82, 2.24) is 24.4 Å². The monoisotopic (exact) mass is 466 g/mol. The number of benzene rings is 1. The number of hydrogen-bond donors (Lipinski definition) is 1. The first-order valence-corrected chi connectivity index (χ1v) is 9.75. The number of carbonyl (C=O) groups excluding carboxylic acids is 2. The number of alkyl halides is 4. The number of anilines is 1. The third kappa shape index (κ3) is 3.02. The van der Waals surface area contributed by atoms with Gasteiger partial charge in [-0.1, -0.05) is 0 Å². The van der Waals surface area contributed by atoms with E-state index >= 15 is 0 Å². The summed E-state index contributed by atoms with van der Waals surface area (Å²) in [5, 5.41) is 3.77. The van der Waals surface area contributed by atoms with Gasteiger partial charge in [0.1, 0.15) is 23.8 Å². The first kappa shape index (κ1) is 21.1. The van der Waals surface area contributed by atoms with E-state index in [0.29, 0.717) is 6.07 Å². The molecule has 13 heteroatoms. The molecule has 1 aromatic carbocycles. The van der Waals surface area contributed by atoms with E-state index in [1.165, 1.54) is 11.8 Å². The summed E-state index contributed by atoms with van der Waals surface area (Å²) in [6.45, 7) is 1.34. The molecule has 33 heavy (non-hydrogen) atoms. The molecule has 0 saturated carbocycles. The standard InChI is InChI=1S/C20H15F5N6O2/c1-8-2-12(21)10(3-9(8)18(32)30-15-6-29(19(30)33)5-13(15)22)14-4-11(20(23,24)25)16-17(26)27-7-28-31(14)16/h2-4,7,13,15H,5-6H2,1H3,(H2,26,27,28)/t13-,15+/m0/s1. The SMILES string of the molecule is Cc1cc(F)c(-c2cc(C(F)(F)F)c3c(N)ncnn23)cc1C(=O)N1C(=O)N2C[C@@H]1[C@@H](F)C2. The van der Waals surface area contributed by atoms with Crippen molar-refractivity contribution >= 4 is 23.3 Å². The topological polar surface area (TPSA) is 96.8 Å². The summed E-state index contributed by atoms with van der Waals surface area (Å²) in [5.74, 6) is -2.25. The molecule has 0 unspecified atom stereocenters. The molecule has 5 rings (SSSR count). The second kappa shape index (κ2) is 6.86. The summed E-state index contributed by atoms with van der Waals surface area (Å²) in [5.41, 5.74) is 3.18. The predicted molar refractivity (Wildman–Crippen MR) is 104 cm³/mol. The summed E-state index contributed by atoms with van der Waals surface area (Å²) in [7, 11) is 0. The second-order valence-corrected chi connectivity index (χ2v) is 7.94. The Bertz CT molecular complexity index is 1340. The lowest BCUT2D eigenvalue weighted by Crippen LogP contribution is -2.50. The van der Waals surface area contributed by atoms with Crippen LogP contribution in [-0.4, -0.2) is 61.6 Å². The number of nitrogens with zero attached hydrogens (tertiary/aromatic N) is 5. The number of nitrogens with two attached hydrogens (primary N) is 1. The van der Waals surface area contributed by atoms with E-state index in [4.69, 9.17) is 5.73 Å². The van der Waals surface area contributed by atoms with Gasteiger partial charge >= 0.3 is 12.2 Å². The molecule has 172 valence electrons. The fraction of sp³-hybridized carbons (Fsp3) is 0.300. The van der Waals surface area contributed by atoms with Gasteiger partial charge in [0.25, 0.3) is 5.91 Å². The quantitative estimate of drug-likeness (QED) is 0.586. The fourth-order valence-electron chi connectivity index (χ4n) is 4.38. The number of rotatable bonds is 2. The Balaban J connectivity index is 1.67. The van der Waals surface area contributed by atoms with Crippen LogP contribution in [0.15, 0.2) is 24.5 Å². The molecule has 2 aromatic heterocycles. The lowest BCUT2D eigenvalue weighted by atomic mass is 10.00. The van der Waals surface area contributed by atoms with E-state index in [9.17, 15) is 31.5 Å². The van der Waals surface area contributed by atoms with Gasteiger partial charge in [-0.3, -0.25) is 9.69 Å². The van der Waals surface area contributed by atoms with Crippen LogP contribution >= 0.6 is 0 Å². The summed E-state index contributed by atoms with van der Waals surface area (Å²) >= 11 is 0. The third-order valence-corrected chi connectivity index (χ3v) is 5.96. The van der Waals surface area contributed by atoms with Crippen LogP contribution in [0.3, 0.4) is 0 Å². The number of urea groups is 1. The molecule has 3 aromatic rings. The van der Waals surface area contributed by atoms with E-state index in [1.54, 1.807) is 0 Å². The molecule has 3 amide bonds. The molecule has 2 bridgehead atoms. The van der Waals surface area contributed by atoms with E-state index in [0.717, 1.165) is 27.9 Å². The van der Waals surface area contributed by atoms with Crippen LogP contribution in [-0.2, 0) is 6.18 Å². The maximum Gasteiger partial charge on any atom is 0.418 e. The predicted octanol–water partition coefficient (Wildman–Crippen LogP) is 3.04. The van der Waals surface area contributed by atoms with Crippen LogP contribution in [0, 0.1) is 12.7 Å². The summed E-state index contributed by atoms with van der Waals surface area (Å²) in [4.78, 5) is 31.1. The number of carbonyl (C=O) groups is 2. The molecule has 2 saturated heterocycles. The van der Waals surface area contributed by atoms with Gasteiger partial charge in [-0.15, -0.1) is 0 Å². The fourth-order valence-corrected chi connectivity index (χ4v) is 4.38. The normalized spacial score (nSPS) is 20.4. The molecule has 0 radical (unpaired) electrons. The maximum atomic E-state index is 15.0. The number of halogens is 5. The van der Waals surface area contributed by atoms with Crippen molar-refractivity contribution in [2.24, 2.45) is 0 Å². The van der Waals surface area contributed by atoms with E-state index in [1.807, 2.05) is 0 Å². The molecule has 4 heterocycles. The highest BCUT2D eigenvalue weighted by atomic mass is 19.4. The Morgan fingerprint density at radius 3 is 2.61 bits per heavy atom. The number of aryl methyl sites for hydroxylation is 1. The van der Waals surface area contributed by atoms with E-state index in [-0.39, 0.29) is 35.5 Å². The zero-order valence-corrected chi connectivity index (χ0v) is 16.9. The van der Waals surface area contributed by atoms with Gasteiger partial charge in [-0.2, -0.15) is 18.3 Å². The highest BCUT2D eigenvalue weighted by molar-refractivity contribution is 6.07. The van der Waals surface area contributed by atoms with Crippen molar-refractivity contribution in [2.45, 2.75) is 25.3 Å². The summed E-state index contributed by atoms with van der Waals surface area (Å²) in [6, 6.07) is 1.02. The highest BCUT2D eigenvalue weighted by Crippen LogP contribution is 2.40. The lowest BCUT2D eigenvalue weighted by molar-refractivity contribution is -0.136. The molecule has 0 spiro atoms. The smallest absolute Gasteiger partial charge is 0.382 e. The van der Waals surface area contributed by atoms with Crippen molar-refractivity contribution in [3.05, 3.63) is 47.0 Å². The highest BCUT2D eigenvalue weighted by Gasteiger charge is 2.52. The minimum atomic E-state index is -4.84. The molecule has 2 aliphatic heterocycles. The van der Waals surface area contributed by atoms with Crippen molar-refractivity contribution in [3.8, 4) is 11.3 Å². The number of imide groups is 1. The van der Waals surface area contributed by atoms with Crippen molar-refractivity contribution in [1.29, 1.82) is 0 Å². The lowest BCUT2D eigenvalue weighted by Gasteiger charge is -2.28. The van der Waals surface area contributed by atoms with Gasteiger partial charge in [-0.25, -0.2) is 23.1 Å². The minimum absolute atomic E-state index is 0.0489. The number of nitrogen functional groups attached to an aromatic ring is 1. The molecule has 2 N–H and O–H groups in total. The second-order valence-electron chi connectivity index (χ2n) is 7.94. The molecular weight excluding hydrogens is 451 g/mol. The zero-order valence-electron chi connectivity index (χ0n) is 16.9. The number of amides is 3. The van der Waals surface area contributed by atoms with Gasteiger partial charge in [0.05, 0.1) is 23.8 Å². The van der Waals surface area contributed by atoms with Crippen LogP contribution in [0.4, 0.5) is 32.6 Å². The maximum absolute atomic E-state index is 15.0. The van der Waals surface area contributed by atoms with E-state index in [2.05, 4.69) is 10.1 Å². The van der Waals surface area contributed by atoms with Gasteiger partial charge < -0.3 is 10.6 Å². The number of fused-ring (bicyclic) bond motifs is 3. The largest absolute Gasteiger partial charge is 0.418 e. The van der Waals surface area contributed by atoms with Crippen molar-refractivity contribution in [3.63, 3.8) is 0 Å². The van der Waals surface area contributed by atoms with Crippen LogP contribution in [0.2, 0.25) is 0 Å². The van der Waals surface area contributed by atoms with Gasteiger partial charge in [0.2, 0.25) is 0 Å². The molecule has 0 aliphatic carbocycles. The summed E-state index contributed by atoms with van der Waals surface area (Å²) < 4.78 is 70.7. The Labute approximate surface area is 182 Å². The minimum Gasteiger partial charge on any atom is -0.382 e. The summed E-state index contributed by atoms with van der Waals surface area (Å²) in [6.07, 6.45) is -5.34. The van der Waals surface area contributed by atoms with Gasteiger partial charge in [0.15, 0.2) is 5.82 Å². The van der Waals surface area contributed by atoms with Gasteiger partial charge in [0, 0.05) is 17.7 Å². The van der Waals surface area contributed by atoms with Crippen molar-refractivity contribution in [2.75, 3.05) is 18.8 Å². The number of aromatic nitrogens is 3. The molecule has 2 fully saturated rings. The molecular formula is C20H15F5N6O2. The third-order valence-electron chi connectivity index (χ3n) is 5.96. The number of hydrogen-bond acceptors (Lipinski definition) is 5. The van der Waals surface area contributed by atoms with Crippen LogP contribution < -0.4 is 5.73 Å². The molecule has 8 nitrogen and oxygen atoms in total. The van der Waals surface area contributed by atoms with Crippen LogP contribution in [0.25, 0.3) is 16.8 Å². The Morgan fingerprint density at radius 1 is 1.21 bits per heavy atom. The average molecular weight is 466 g/mol. The van der Waals surface area contributed by atoms with Gasteiger partial charge in [-0.05, 0) is 30.7 Å². The average Bonchev–Trinajstić information content (AvgIpc) is 3.39. The Morgan fingerprint density at radius 2 is 1.94 bits per heavy atom. The van der Waals surface area contributed by atoms with E-state index < -0.39 is 53.0 Å². The van der Waals surface area contributed by atoms with Crippen molar-refractivity contribution < 1.29 is 31.5 Å². The van der Waals surface area contributed by atoms with Crippen LogP contribution in [0.1, 0.15) is 21.5 Å². The molecule has 2 atom stereocenters.